The number of amides is 2. The molecule has 2 aliphatic heterocycles. The number of benzene rings is 2. The van der Waals surface area contributed by atoms with Gasteiger partial charge < -0.3 is 14.5 Å². The molecular weight excluding hydrogens is 380 g/mol. The van der Waals surface area contributed by atoms with Crippen molar-refractivity contribution >= 4 is 23.5 Å². The van der Waals surface area contributed by atoms with Crippen LogP contribution in [0.15, 0.2) is 54.6 Å². The first-order chi connectivity index (χ1) is 14.6. The van der Waals surface area contributed by atoms with Gasteiger partial charge in [0.15, 0.2) is 0 Å². The molecule has 2 amide bonds. The molecule has 2 aromatic carbocycles. The number of nitrogens with zero attached hydrogens (tertiary/aromatic N) is 2. The summed E-state index contributed by atoms with van der Waals surface area (Å²) in [5.41, 5.74) is 1.80. The Kier molecular flexibility index (Phi) is 6.12. The van der Waals surface area contributed by atoms with Crippen LogP contribution in [0.3, 0.4) is 0 Å². The van der Waals surface area contributed by atoms with Gasteiger partial charge in [-0.3, -0.25) is 9.59 Å². The van der Waals surface area contributed by atoms with E-state index >= 15 is 0 Å². The van der Waals surface area contributed by atoms with E-state index in [-0.39, 0.29) is 11.8 Å². The molecule has 156 valence electrons. The topological polar surface area (TPSA) is 66.9 Å². The third-order valence-electron chi connectivity index (χ3n) is 5.71. The lowest BCUT2D eigenvalue weighted by molar-refractivity contribution is -0.142. The molecule has 0 aromatic heterocycles. The highest BCUT2D eigenvalue weighted by Crippen LogP contribution is 2.26. The van der Waals surface area contributed by atoms with Gasteiger partial charge in [-0.05, 0) is 49.9 Å². The van der Waals surface area contributed by atoms with Crippen LogP contribution < -0.4 is 4.90 Å². The summed E-state index contributed by atoms with van der Waals surface area (Å²) in [6.45, 7) is 2.08. The van der Waals surface area contributed by atoms with E-state index in [0.29, 0.717) is 37.2 Å². The molecule has 0 aliphatic carbocycles. The summed E-state index contributed by atoms with van der Waals surface area (Å²) in [6, 6.07) is 16.0. The maximum atomic E-state index is 13.1. The normalized spacial score (nSPS) is 17.7. The van der Waals surface area contributed by atoms with Gasteiger partial charge in [-0.15, -0.1) is 0 Å². The van der Waals surface area contributed by atoms with Gasteiger partial charge in [-0.2, -0.15) is 0 Å². The fourth-order valence-corrected chi connectivity index (χ4v) is 4.04. The maximum Gasteiger partial charge on any atom is 0.339 e. The number of piperidine rings is 1. The summed E-state index contributed by atoms with van der Waals surface area (Å²) >= 11 is 0. The number of ether oxygens (including phenoxy) is 1. The van der Waals surface area contributed by atoms with Crippen molar-refractivity contribution in [3.05, 3.63) is 65.7 Å². The Bertz CT molecular complexity index is 905. The van der Waals surface area contributed by atoms with Crippen molar-refractivity contribution < 1.29 is 19.1 Å². The van der Waals surface area contributed by atoms with Crippen LogP contribution in [0.25, 0.3) is 0 Å². The quantitative estimate of drug-likeness (QED) is 0.710. The number of carbonyl (C=O) groups excluding carboxylic acids is 3. The minimum Gasteiger partial charge on any atom is -0.444 e. The Hall–Kier alpha value is -3.15. The molecule has 1 atom stereocenters. The second kappa shape index (κ2) is 9.11. The highest BCUT2D eigenvalue weighted by atomic mass is 16.5. The van der Waals surface area contributed by atoms with E-state index in [0.717, 1.165) is 31.4 Å². The van der Waals surface area contributed by atoms with Crippen LogP contribution in [0.5, 0.6) is 0 Å². The van der Waals surface area contributed by atoms with Gasteiger partial charge in [0.1, 0.15) is 0 Å². The summed E-state index contributed by atoms with van der Waals surface area (Å²) in [7, 11) is 0. The Morgan fingerprint density at radius 2 is 1.53 bits per heavy atom. The summed E-state index contributed by atoms with van der Waals surface area (Å²) in [6.07, 6.45) is 3.50. The van der Waals surface area contributed by atoms with Gasteiger partial charge in [0.2, 0.25) is 12.0 Å². The zero-order chi connectivity index (χ0) is 20.9. The summed E-state index contributed by atoms with van der Waals surface area (Å²) in [4.78, 5) is 41.4. The molecule has 0 unspecified atom stereocenters. The van der Waals surface area contributed by atoms with Crippen LogP contribution in [0.2, 0.25) is 0 Å². The zero-order valence-electron chi connectivity index (χ0n) is 17.0. The summed E-state index contributed by atoms with van der Waals surface area (Å²) in [5, 5.41) is 0. The molecule has 0 N–H and O–H groups in total. The third kappa shape index (κ3) is 4.37. The highest BCUT2D eigenvalue weighted by Gasteiger charge is 2.30. The lowest BCUT2D eigenvalue weighted by Gasteiger charge is -2.30. The van der Waals surface area contributed by atoms with E-state index in [1.165, 1.54) is 0 Å². The molecule has 2 aliphatic rings. The maximum absolute atomic E-state index is 13.1. The van der Waals surface area contributed by atoms with Gasteiger partial charge in [-0.25, -0.2) is 4.79 Å². The first-order valence-electron chi connectivity index (χ1n) is 10.6. The number of carbonyl (C=O) groups is 3. The second-order valence-electron chi connectivity index (χ2n) is 7.78. The first-order valence-corrected chi connectivity index (χ1v) is 10.6. The number of hydrogen-bond donors (Lipinski definition) is 0. The Labute approximate surface area is 176 Å². The Balaban J connectivity index is 1.51. The third-order valence-corrected chi connectivity index (χ3v) is 5.71. The van der Waals surface area contributed by atoms with Crippen LogP contribution in [0.1, 0.15) is 54.1 Å². The van der Waals surface area contributed by atoms with Crippen molar-refractivity contribution in [1.29, 1.82) is 0 Å². The van der Waals surface area contributed by atoms with Crippen molar-refractivity contribution in [1.82, 2.24) is 4.90 Å². The van der Waals surface area contributed by atoms with E-state index < -0.39 is 12.1 Å². The minimum absolute atomic E-state index is 0.0987. The fraction of sp³-hybridized carbons (Fsp3) is 0.375. The van der Waals surface area contributed by atoms with Gasteiger partial charge in [-0.1, -0.05) is 30.3 Å². The SMILES string of the molecule is O=C(O[C@H](C(=O)N1CCCCC1)c1ccccc1)c1ccc(N2CCCC2=O)cc1. The smallest absolute Gasteiger partial charge is 0.339 e. The highest BCUT2D eigenvalue weighted by molar-refractivity contribution is 5.97. The molecule has 6 heteroatoms. The van der Waals surface area contributed by atoms with Gasteiger partial charge in [0.05, 0.1) is 5.56 Å². The van der Waals surface area contributed by atoms with Crippen LogP contribution in [-0.4, -0.2) is 42.3 Å². The van der Waals surface area contributed by atoms with Crippen LogP contribution in [-0.2, 0) is 14.3 Å². The monoisotopic (exact) mass is 406 g/mol. The molecule has 2 heterocycles. The molecule has 30 heavy (non-hydrogen) atoms. The zero-order valence-corrected chi connectivity index (χ0v) is 17.0. The Morgan fingerprint density at radius 1 is 0.833 bits per heavy atom. The van der Waals surface area contributed by atoms with Crippen molar-refractivity contribution in [3.63, 3.8) is 0 Å². The first kappa shape index (κ1) is 20.1. The fourth-order valence-electron chi connectivity index (χ4n) is 4.04. The molecule has 2 aromatic rings. The van der Waals surface area contributed by atoms with Crippen molar-refractivity contribution in [2.24, 2.45) is 0 Å². The predicted molar refractivity (Wildman–Crippen MR) is 113 cm³/mol. The average molecular weight is 406 g/mol. The van der Waals surface area contributed by atoms with Gasteiger partial charge in [0.25, 0.3) is 5.91 Å². The molecule has 0 spiro atoms. The molecular formula is C24H26N2O4. The van der Waals surface area contributed by atoms with E-state index in [9.17, 15) is 14.4 Å². The van der Waals surface area contributed by atoms with E-state index in [4.69, 9.17) is 4.74 Å². The van der Waals surface area contributed by atoms with Crippen molar-refractivity contribution in [2.75, 3.05) is 24.5 Å². The van der Waals surface area contributed by atoms with Crippen LogP contribution in [0, 0.1) is 0 Å². The molecule has 6 nitrogen and oxygen atoms in total. The largest absolute Gasteiger partial charge is 0.444 e. The number of likely N-dealkylation sites (tertiary alicyclic amines) is 1. The second-order valence-corrected chi connectivity index (χ2v) is 7.78. The number of rotatable bonds is 5. The summed E-state index contributed by atoms with van der Waals surface area (Å²) < 4.78 is 5.71. The number of hydrogen-bond acceptors (Lipinski definition) is 4. The molecule has 2 saturated heterocycles. The summed E-state index contributed by atoms with van der Waals surface area (Å²) in [5.74, 6) is -0.622. The predicted octanol–water partition coefficient (Wildman–Crippen LogP) is 3.72. The van der Waals surface area contributed by atoms with E-state index in [2.05, 4.69) is 0 Å². The average Bonchev–Trinajstić information content (AvgIpc) is 3.24. The van der Waals surface area contributed by atoms with Crippen molar-refractivity contribution in [3.8, 4) is 0 Å². The minimum atomic E-state index is -0.961. The van der Waals surface area contributed by atoms with Gasteiger partial charge >= 0.3 is 5.97 Å². The Morgan fingerprint density at radius 3 is 2.17 bits per heavy atom. The lowest BCUT2D eigenvalue weighted by atomic mass is 10.1. The van der Waals surface area contributed by atoms with Crippen LogP contribution in [0.4, 0.5) is 5.69 Å². The lowest BCUT2D eigenvalue weighted by Crippen LogP contribution is -2.40. The molecule has 0 saturated carbocycles. The van der Waals surface area contributed by atoms with Crippen molar-refractivity contribution in [2.45, 2.75) is 38.2 Å². The number of anilines is 1. The number of esters is 1. The standard InChI is InChI=1S/C24H26N2O4/c27-21-10-7-17-26(21)20-13-11-19(12-14-20)24(29)30-22(18-8-3-1-4-9-18)23(28)25-15-5-2-6-16-25/h1,3-4,8-9,11-14,22H,2,5-7,10,15-17H2/t22-/m0/s1. The molecule has 0 bridgehead atoms. The molecule has 0 radical (unpaired) electrons. The van der Waals surface area contributed by atoms with E-state index in [1.54, 1.807) is 34.1 Å². The molecule has 2 fully saturated rings. The van der Waals surface area contributed by atoms with E-state index in [1.807, 2.05) is 30.3 Å². The van der Waals surface area contributed by atoms with Gasteiger partial charge in [0, 0.05) is 37.3 Å². The molecule has 4 rings (SSSR count). The van der Waals surface area contributed by atoms with Crippen LogP contribution >= 0.6 is 0 Å².